The fourth-order valence-corrected chi connectivity index (χ4v) is 3.40. The number of aromatic nitrogens is 3. The predicted octanol–water partition coefficient (Wildman–Crippen LogP) is 3.83. The van der Waals surface area contributed by atoms with Gasteiger partial charge in [-0.15, -0.1) is 12.4 Å². The van der Waals surface area contributed by atoms with Crippen LogP contribution in [-0.4, -0.2) is 46.8 Å². The molecule has 3 aromatic rings. The average molecular weight is 362 g/mol. The van der Waals surface area contributed by atoms with Crippen molar-refractivity contribution in [2.75, 3.05) is 32.5 Å². The zero-order valence-corrected chi connectivity index (χ0v) is 16.8. The summed E-state index contributed by atoms with van der Waals surface area (Å²) >= 11 is 0. The molecule has 0 aliphatic heterocycles. The number of benzene rings is 1. The Kier molecular flexibility index (Phi) is 5.91. The summed E-state index contributed by atoms with van der Waals surface area (Å²) in [5, 5.41) is 10.6. The largest absolute Gasteiger partial charge is 0.384 e. The maximum Gasteiger partial charge on any atom is 0.160 e. The summed E-state index contributed by atoms with van der Waals surface area (Å²) in [6, 6.07) is 4.43. The van der Waals surface area contributed by atoms with Crippen LogP contribution in [0.2, 0.25) is 0 Å². The average Bonchev–Trinajstić information content (AvgIpc) is 2.78. The minimum Gasteiger partial charge on any atom is -0.384 e. The molecule has 0 atom stereocenters. The molecule has 1 aromatic carbocycles. The van der Waals surface area contributed by atoms with Crippen LogP contribution in [0.25, 0.3) is 21.9 Å². The van der Waals surface area contributed by atoms with Gasteiger partial charge in [0.1, 0.15) is 0 Å². The highest BCUT2D eigenvalue weighted by Crippen LogP contribution is 2.34. The van der Waals surface area contributed by atoms with Gasteiger partial charge in [0, 0.05) is 19.0 Å². The van der Waals surface area contributed by atoms with Gasteiger partial charge in [0.2, 0.25) is 0 Å². The topological polar surface area (TPSA) is 46.0 Å². The van der Waals surface area contributed by atoms with Gasteiger partial charge in [-0.3, -0.25) is 4.68 Å². The van der Waals surface area contributed by atoms with Crippen molar-refractivity contribution in [1.29, 1.82) is 0 Å². The van der Waals surface area contributed by atoms with E-state index in [1.165, 1.54) is 22.2 Å². The number of halogens is 1. The normalized spacial score (nSPS) is 11.3. The fourth-order valence-electron chi connectivity index (χ4n) is 3.40. The Hall–Kier alpha value is -1.85. The van der Waals surface area contributed by atoms with Crippen LogP contribution in [-0.2, 0) is 7.05 Å². The summed E-state index contributed by atoms with van der Waals surface area (Å²) in [6.45, 7) is 8.34. The molecule has 0 unspecified atom stereocenters. The molecule has 3 rings (SSSR count). The first-order valence-corrected chi connectivity index (χ1v) is 8.51. The second-order valence-electron chi connectivity index (χ2n) is 6.96. The summed E-state index contributed by atoms with van der Waals surface area (Å²) < 4.78 is 1.88. The van der Waals surface area contributed by atoms with Crippen molar-refractivity contribution >= 4 is 40.0 Å². The van der Waals surface area contributed by atoms with Crippen LogP contribution in [0.3, 0.4) is 0 Å². The maximum absolute atomic E-state index is 4.91. The Balaban J connectivity index is 0.00000225. The SMILES string of the molecule is Cc1cc(C)c2nc3c(c(C)nn3C)c(NCCCN(C)C)c2c1.Cl. The van der Waals surface area contributed by atoms with Gasteiger partial charge < -0.3 is 10.2 Å². The molecular weight excluding hydrogens is 334 g/mol. The van der Waals surface area contributed by atoms with Crippen LogP contribution >= 0.6 is 12.4 Å². The van der Waals surface area contributed by atoms with Crippen molar-refractivity contribution in [3.8, 4) is 0 Å². The highest BCUT2D eigenvalue weighted by Gasteiger charge is 2.16. The number of nitrogens with one attached hydrogen (secondary N) is 1. The van der Waals surface area contributed by atoms with E-state index in [0.717, 1.165) is 41.8 Å². The summed E-state index contributed by atoms with van der Waals surface area (Å²) in [4.78, 5) is 7.12. The molecule has 0 aliphatic rings. The first-order valence-electron chi connectivity index (χ1n) is 8.51. The highest BCUT2D eigenvalue weighted by molar-refractivity contribution is 6.08. The molecule has 5 nitrogen and oxygen atoms in total. The lowest BCUT2D eigenvalue weighted by atomic mass is 10.0. The lowest BCUT2D eigenvalue weighted by Gasteiger charge is -2.15. The van der Waals surface area contributed by atoms with Crippen LogP contribution in [0.5, 0.6) is 0 Å². The van der Waals surface area contributed by atoms with Crippen molar-refractivity contribution in [2.45, 2.75) is 27.2 Å². The first kappa shape index (κ1) is 19.5. The molecule has 25 heavy (non-hydrogen) atoms. The van der Waals surface area contributed by atoms with Crippen molar-refractivity contribution in [3.05, 3.63) is 29.0 Å². The van der Waals surface area contributed by atoms with E-state index in [1.807, 2.05) is 11.7 Å². The van der Waals surface area contributed by atoms with Gasteiger partial charge in [0.05, 0.1) is 22.3 Å². The van der Waals surface area contributed by atoms with Crippen LogP contribution < -0.4 is 5.32 Å². The van der Waals surface area contributed by atoms with Gasteiger partial charge in [-0.25, -0.2) is 4.98 Å². The van der Waals surface area contributed by atoms with E-state index in [0.29, 0.717) is 0 Å². The smallest absolute Gasteiger partial charge is 0.160 e. The predicted molar refractivity (Wildman–Crippen MR) is 109 cm³/mol. The van der Waals surface area contributed by atoms with E-state index in [1.54, 1.807) is 0 Å². The van der Waals surface area contributed by atoms with E-state index < -0.39 is 0 Å². The van der Waals surface area contributed by atoms with Gasteiger partial charge in [-0.1, -0.05) is 11.6 Å². The quantitative estimate of drug-likeness (QED) is 0.701. The van der Waals surface area contributed by atoms with Crippen LogP contribution in [0, 0.1) is 20.8 Å². The van der Waals surface area contributed by atoms with Gasteiger partial charge in [0.15, 0.2) is 5.65 Å². The third kappa shape index (κ3) is 3.72. The summed E-state index contributed by atoms with van der Waals surface area (Å²) in [6.07, 6.45) is 1.10. The summed E-state index contributed by atoms with van der Waals surface area (Å²) in [7, 11) is 6.18. The van der Waals surface area contributed by atoms with Gasteiger partial charge in [-0.2, -0.15) is 5.10 Å². The van der Waals surface area contributed by atoms with E-state index >= 15 is 0 Å². The summed E-state index contributed by atoms with van der Waals surface area (Å²) in [5.74, 6) is 0. The molecular formula is C19H28ClN5. The van der Waals surface area contributed by atoms with E-state index in [9.17, 15) is 0 Å². The van der Waals surface area contributed by atoms with Crippen molar-refractivity contribution in [1.82, 2.24) is 19.7 Å². The lowest BCUT2D eigenvalue weighted by molar-refractivity contribution is 0.405. The van der Waals surface area contributed by atoms with Crippen molar-refractivity contribution in [2.24, 2.45) is 7.05 Å². The number of fused-ring (bicyclic) bond motifs is 2. The highest BCUT2D eigenvalue weighted by atomic mass is 35.5. The Morgan fingerprint density at radius 3 is 2.56 bits per heavy atom. The van der Waals surface area contributed by atoms with Crippen LogP contribution in [0.4, 0.5) is 5.69 Å². The van der Waals surface area contributed by atoms with Crippen molar-refractivity contribution < 1.29 is 0 Å². The first-order chi connectivity index (χ1) is 11.4. The Morgan fingerprint density at radius 2 is 1.88 bits per heavy atom. The maximum atomic E-state index is 4.91. The molecule has 0 spiro atoms. The lowest BCUT2D eigenvalue weighted by Crippen LogP contribution is -2.16. The van der Waals surface area contributed by atoms with E-state index in [-0.39, 0.29) is 12.4 Å². The number of rotatable bonds is 5. The van der Waals surface area contributed by atoms with E-state index in [2.05, 4.69) is 62.3 Å². The Bertz CT molecular complexity index is 898. The zero-order valence-electron chi connectivity index (χ0n) is 16.0. The second-order valence-corrected chi connectivity index (χ2v) is 6.96. The Labute approximate surface area is 155 Å². The molecule has 0 saturated carbocycles. The van der Waals surface area contributed by atoms with E-state index in [4.69, 9.17) is 4.98 Å². The van der Waals surface area contributed by atoms with Gasteiger partial charge in [0.25, 0.3) is 0 Å². The molecule has 0 amide bonds. The molecule has 1 N–H and O–H groups in total. The standard InChI is InChI=1S/C19H27N5.ClH/c1-12-10-13(2)17-15(11-12)18(20-8-7-9-23(4)5)16-14(3)22-24(6)19(16)21-17;/h10-11H,7-9H2,1-6H3,(H,20,21);1H. The minimum atomic E-state index is 0. The number of aryl methyl sites for hydroxylation is 4. The molecule has 0 saturated heterocycles. The minimum absolute atomic E-state index is 0. The molecule has 2 heterocycles. The number of hydrogen-bond acceptors (Lipinski definition) is 4. The molecule has 0 aliphatic carbocycles. The monoisotopic (exact) mass is 361 g/mol. The van der Waals surface area contributed by atoms with Gasteiger partial charge >= 0.3 is 0 Å². The molecule has 0 bridgehead atoms. The van der Waals surface area contributed by atoms with Crippen molar-refractivity contribution in [3.63, 3.8) is 0 Å². The number of pyridine rings is 1. The Morgan fingerprint density at radius 1 is 1.16 bits per heavy atom. The third-order valence-electron chi connectivity index (χ3n) is 4.46. The summed E-state index contributed by atoms with van der Waals surface area (Å²) in [5.41, 5.74) is 6.68. The second kappa shape index (κ2) is 7.58. The molecule has 2 aromatic heterocycles. The third-order valence-corrected chi connectivity index (χ3v) is 4.46. The molecule has 6 heteroatoms. The zero-order chi connectivity index (χ0) is 17.4. The number of anilines is 1. The number of hydrogen-bond donors (Lipinski definition) is 1. The molecule has 0 fully saturated rings. The van der Waals surface area contributed by atoms with Crippen LogP contribution in [0.1, 0.15) is 23.2 Å². The van der Waals surface area contributed by atoms with Crippen LogP contribution in [0.15, 0.2) is 12.1 Å². The molecule has 0 radical (unpaired) electrons. The van der Waals surface area contributed by atoms with Gasteiger partial charge in [-0.05, 0) is 59.5 Å². The fraction of sp³-hybridized carbons (Fsp3) is 0.474. The number of nitrogens with zero attached hydrogens (tertiary/aromatic N) is 4. The molecule has 136 valence electrons.